The maximum Gasteiger partial charge on any atom is 0.00225 e. The van der Waals surface area contributed by atoms with Crippen molar-refractivity contribution in [2.75, 3.05) is 18.6 Å². The number of hydrogen-bond donors (Lipinski definition) is 1. The first-order valence-electron chi connectivity index (χ1n) is 6.92. The molecular formula is C16H27NS. The monoisotopic (exact) mass is 265 g/mol. The number of benzene rings is 1. The Bertz CT molecular complexity index is 336. The minimum atomic E-state index is 0.567. The fourth-order valence-electron chi connectivity index (χ4n) is 2.16. The third-order valence-electron chi connectivity index (χ3n) is 3.19. The van der Waals surface area contributed by atoms with Crippen molar-refractivity contribution in [3.8, 4) is 0 Å². The van der Waals surface area contributed by atoms with Gasteiger partial charge < -0.3 is 5.32 Å². The molecule has 18 heavy (non-hydrogen) atoms. The van der Waals surface area contributed by atoms with Gasteiger partial charge in [-0.3, -0.25) is 0 Å². The molecule has 0 aromatic heterocycles. The highest BCUT2D eigenvalue weighted by Crippen LogP contribution is 2.22. The van der Waals surface area contributed by atoms with Crippen LogP contribution in [0, 0.1) is 6.92 Å². The summed E-state index contributed by atoms with van der Waals surface area (Å²) in [6.07, 6.45) is 4.78. The summed E-state index contributed by atoms with van der Waals surface area (Å²) < 4.78 is 0. The zero-order valence-electron chi connectivity index (χ0n) is 12.2. The Balaban J connectivity index is 2.63. The van der Waals surface area contributed by atoms with E-state index in [0.29, 0.717) is 12.0 Å². The molecule has 1 aromatic carbocycles. The maximum absolute atomic E-state index is 3.58. The van der Waals surface area contributed by atoms with Gasteiger partial charge in [-0.1, -0.05) is 43.7 Å². The van der Waals surface area contributed by atoms with Gasteiger partial charge in [0.05, 0.1) is 0 Å². The first-order chi connectivity index (χ1) is 8.63. The van der Waals surface area contributed by atoms with Gasteiger partial charge >= 0.3 is 0 Å². The maximum atomic E-state index is 3.58. The first kappa shape index (κ1) is 15.6. The van der Waals surface area contributed by atoms with Crippen molar-refractivity contribution in [3.63, 3.8) is 0 Å². The molecule has 1 unspecified atom stereocenters. The lowest BCUT2D eigenvalue weighted by Gasteiger charge is -2.20. The van der Waals surface area contributed by atoms with Crippen molar-refractivity contribution in [2.45, 2.75) is 45.6 Å². The van der Waals surface area contributed by atoms with Crippen molar-refractivity contribution in [2.24, 2.45) is 0 Å². The molecule has 0 aliphatic heterocycles. The summed E-state index contributed by atoms with van der Waals surface area (Å²) >= 11 is 1.95. The van der Waals surface area contributed by atoms with Crippen LogP contribution in [0.5, 0.6) is 0 Å². The van der Waals surface area contributed by atoms with Crippen molar-refractivity contribution in [1.82, 2.24) is 5.32 Å². The van der Waals surface area contributed by atoms with Gasteiger partial charge in [0.25, 0.3) is 0 Å². The number of nitrogens with one attached hydrogen (secondary N) is 1. The third kappa shape index (κ3) is 5.92. The average molecular weight is 265 g/mol. The summed E-state index contributed by atoms with van der Waals surface area (Å²) in [5.74, 6) is 1.92. The van der Waals surface area contributed by atoms with Gasteiger partial charge in [-0.2, -0.15) is 11.8 Å². The molecule has 0 saturated heterocycles. The standard InChI is InChI=1S/C16H27NS/c1-13(2)17-12-16(9-6-10-18-4)15-8-5-7-14(3)11-15/h5,7-8,11,13,16-17H,6,9-10,12H2,1-4H3. The van der Waals surface area contributed by atoms with Crippen LogP contribution in [0.15, 0.2) is 24.3 Å². The lowest BCUT2D eigenvalue weighted by Crippen LogP contribution is -2.28. The Labute approximate surface area is 117 Å². The van der Waals surface area contributed by atoms with Gasteiger partial charge in [-0.15, -0.1) is 0 Å². The highest BCUT2D eigenvalue weighted by Gasteiger charge is 2.11. The smallest absolute Gasteiger partial charge is 0.00225 e. The van der Waals surface area contributed by atoms with E-state index in [-0.39, 0.29) is 0 Å². The molecule has 0 bridgehead atoms. The van der Waals surface area contributed by atoms with E-state index in [9.17, 15) is 0 Å². The van der Waals surface area contributed by atoms with Crippen molar-refractivity contribution in [1.29, 1.82) is 0 Å². The molecule has 102 valence electrons. The first-order valence-corrected chi connectivity index (χ1v) is 8.31. The van der Waals surface area contributed by atoms with Crippen LogP contribution in [-0.4, -0.2) is 24.6 Å². The molecular weight excluding hydrogens is 238 g/mol. The van der Waals surface area contributed by atoms with Crippen LogP contribution in [0.25, 0.3) is 0 Å². The summed E-state index contributed by atoms with van der Waals surface area (Å²) in [6, 6.07) is 9.54. The Morgan fingerprint density at radius 3 is 2.67 bits per heavy atom. The minimum Gasteiger partial charge on any atom is -0.314 e. The molecule has 1 aromatic rings. The lowest BCUT2D eigenvalue weighted by molar-refractivity contribution is 0.505. The molecule has 0 aliphatic rings. The quantitative estimate of drug-likeness (QED) is 0.706. The summed E-state index contributed by atoms with van der Waals surface area (Å²) in [5, 5.41) is 3.58. The average Bonchev–Trinajstić information content (AvgIpc) is 2.33. The molecule has 0 fully saturated rings. The van der Waals surface area contributed by atoms with Crippen molar-refractivity contribution in [3.05, 3.63) is 35.4 Å². The van der Waals surface area contributed by atoms with Crippen molar-refractivity contribution >= 4 is 11.8 Å². The van der Waals surface area contributed by atoms with E-state index in [4.69, 9.17) is 0 Å². The molecule has 0 radical (unpaired) electrons. The highest BCUT2D eigenvalue weighted by molar-refractivity contribution is 7.98. The Morgan fingerprint density at radius 1 is 1.28 bits per heavy atom. The number of hydrogen-bond acceptors (Lipinski definition) is 2. The van der Waals surface area contributed by atoms with Gasteiger partial charge in [-0.25, -0.2) is 0 Å². The zero-order chi connectivity index (χ0) is 13.4. The lowest BCUT2D eigenvalue weighted by atomic mass is 9.93. The molecule has 0 spiro atoms. The van der Waals surface area contributed by atoms with Crippen LogP contribution in [-0.2, 0) is 0 Å². The molecule has 2 heteroatoms. The number of aryl methyl sites for hydroxylation is 1. The van der Waals surface area contributed by atoms with E-state index in [0.717, 1.165) is 6.54 Å². The molecule has 1 rings (SSSR count). The van der Waals surface area contributed by atoms with Crippen LogP contribution in [0.1, 0.15) is 43.7 Å². The summed E-state index contributed by atoms with van der Waals surface area (Å²) in [7, 11) is 0. The van der Waals surface area contributed by atoms with Crippen LogP contribution in [0.4, 0.5) is 0 Å². The summed E-state index contributed by atoms with van der Waals surface area (Å²) in [5.41, 5.74) is 2.86. The van der Waals surface area contributed by atoms with Crippen molar-refractivity contribution < 1.29 is 0 Å². The minimum absolute atomic E-state index is 0.567. The molecule has 1 atom stereocenters. The third-order valence-corrected chi connectivity index (χ3v) is 3.88. The van der Waals surface area contributed by atoms with Gasteiger partial charge in [0.2, 0.25) is 0 Å². The van der Waals surface area contributed by atoms with E-state index in [2.05, 4.69) is 56.6 Å². The van der Waals surface area contributed by atoms with Gasteiger partial charge in [0.15, 0.2) is 0 Å². The highest BCUT2D eigenvalue weighted by atomic mass is 32.2. The largest absolute Gasteiger partial charge is 0.314 e. The molecule has 0 saturated carbocycles. The molecule has 0 heterocycles. The number of rotatable bonds is 8. The molecule has 1 N–H and O–H groups in total. The van der Waals surface area contributed by atoms with Crippen LogP contribution < -0.4 is 5.32 Å². The second-order valence-electron chi connectivity index (χ2n) is 5.31. The normalized spacial score (nSPS) is 12.9. The van der Waals surface area contributed by atoms with E-state index >= 15 is 0 Å². The van der Waals surface area contributed by atoms with E-state index in [1.807, 2.05) is 11.8 Å². The van der Waals surface area contributed by atoms with Gasteiger partial charge in [0, 0.05) is 12.6 Å². The summed E-state index contributed by atoms with van der Waals surface area (Å²) in [4.78, 5) is 0. The second-order valence-corrected chi connectivity index (χ2v) is 6.29. The predicted octanol–water partition coefficient (Wildman–Crippen LogP) is 4.22. The molecule has 1 nitrogen and oxygen atoms in total. The van der Waals surface area contributed by atoms with E-state index in [1.54, 1.807) is 0 Å². The second kappa shape index (κ2) is 8.60. The van der Waals surface area contributed by atoms with Crippen LogP contribution in [0.2, 0.25) is 0 Å². The fraction of sp³-hybridized carbons (Fsp3) is 0.625. The Hall–Kier alpha value is -0.470. The van der Waals surface area contributed by atoms with Crippen LogP contribution >= 0.6 is 11.8 Å². The van der Waals surface area contributed by atoms with Crippen LogP contribution in [0.3, 0.4) is 0 Å². The number of thioether (sulfide) groups is 1. The Kier molecular flexibility index (Phi) is 7.45. The zero-order valence-corrected chi connectivity index (χ0v) is 13.0. The summed E-state index contributed by atoms with van der Waals surface area (Å²) in [6.45, 7) is 7.71. The molecule has 0 aliphatic carbocycles. The topological polar surface area (TPSA) is 12.0 Å². The Morgan fingerprint density at radius 2 is 2.06 bits per heavy atom. The fourth-order valence-corrected chi connectivity index (χ4v) is 2.62. The van der Waals surface area contributed by atoms with Gasteiger partial charge in [-0.05, 0) is 43.3 Å². The van der Waals surface area contributed by atoms with E-state index < -0.39 is 0 Å². The predicted molar refractivity (Wildman–Crippen MR) is 84.7 cm³/mol. The van der Waals surface area contributed by atoms with E-state index in [1.165, 1.54) is 29.7 Å². The molecule has 0 amide bonds. The van der Waals surface area contributed by atoms with Gasteiger partial charge in [0.1, 0.15) is 0 Å². The SMILES string of the molecule is CSCCCC(CNC(C)C)c1cccc(C)c1.